The fourth-order valence-corrected chi connectivity index (χ4v) is 5.70. The molecule has 0 N–H and O–H groups in total. The quantitative estimate of drug-likeness (QED) is 0.161. The van der Waals surface area contributed by atoms with Crippen molar-refractivity contribution in [1.29, 1.82) is 0 Å². The molecule has 0 aliphatic heterocycles. The van der Waals surface area contributed by atoms with Crippen LogP contribution in [0.15, 0.2) is 126 Å². The summed E-state index contributed by atoms with van der Waals surface area (Å²) in [4.78, 5) is 30.3. The van der Waals surface area contributed by atoms with E-state index in [4.69, 9.17) is 19.2 Å². The number of nitrogens with zero attached hydrogens (tertiary/aromatic N) is 4. The molecule has 0 amide bonds. The largest absolute Gasteiger partial charge is 0.473 e. The average molecular weight is 625 g/mol. The zero-order valence-corrected chi connectivity index (χ0v) is 26.0. The Balaban J connectivity index is 1.26. The Morgan fingerprint density at radius 1 is 0.723 bits per heavy atom. The van der Waals surface area contributed by atoms with Crippen molar-refractivity contribution in [3.05, 3.63) is 149 Å². The van der Waals surface area contributed by atoms with Crippen LogP contribution < -0.4 is 15.2 Å². The Morgan fingerprint density at radius 3 is 2.15 bits per heavy atom. The summed E-state index contributed by atoms with van der Waals surface area (Å²) in [6.07, 6.45) is 2.20. The SMILES string of the molecule is COC(=O)Cc1ccc2c(ccn2-c2ccc3c(c2)n(C)c(=O)n3-c2ccc(OCc3ccccc3)nc2OCc2ccccc2)c1. The van der Waals surface area contributed by atoms with Crippen molar-refractivity contribution in [2.45, 2.75) is 19.6 Å². The van der Waals surface area contributed by atoms with Gasteiger partial charge in [0.25, 0.3) is 0 Å². The average Bonchev–Trinajstić information content (AvgIpc) is 3.64. The molecule has 4 aromatic carbocycles. The maximum Gasteiger partial charge on any atom is 0.333 e. The van der Waals surface area contributed by atoms with E-state index in [2.05, 4.69) is 4.57 Å². The molecule has 3 aromatic heterocycles. The van der Waals surface area contributed by atoms with Crippen LogP contribution in [-0.2, 0) is 36.2 Å². The van der Waals surface area contributed by atoms with Crippen molar-refractivity contribution in [3.63, 3.8) is 0 Å². The van der Waals surface area contributed by atoms with Crippen molar-refractivity contribution in [3.8, 4) is 23.1 Å². The van der Waals surface area contributed by atoms with E-state index in [1.807, 2.05) is 115 Å². The van der Waals surface area contributed by atoms with E-state index in [0.717, 1.165) is 38.8 Å². The fraction of sp³-hybridized carbons (Fsp3) is 0.132. The van der Waals surface area contributed by atoms with Crippen LogP contribution in [0, 0.1) is 0 Å². The number of esters is 1. The van der Waals surface area contributed by atoms with Gasteiger partial charge in [0, 0.05) is 30.4 Å². The van der Waals surface area contributed by atoms with E-state index in [0.29, 0.717) is 23.7 Å². The van der Waals surface area contributed by atoms with Crippen LogP contribution in [0.5, 0.6) is 11.8 Å². The maximum atomic E-state index is 13.8. The highest BCUT2D eigenvalue weighted by Crippen LogP contribution is 2.30. The lowest BCUT2D eigenvalue weighted by Gasteiger charge is -2.14. The number of benzene rings is 4. The lowest BCUT2D eigenvalue weighted by atomic mass is 10.1. The summed E-state index contributed by atoms with van der Waals surface area (Å²) in [5.74, 6) is 0.403. The summed E-state index contributed by atoms with van der Waals surface area (Å²) >= 11 is 0. The van der Waals surface area contributed by atoms with Crippen LogP contribution >= 0.6 is 0 Å². The molecular weight excluding hydrogens is 592 g/mol. The topological polar surface area (TPSA) is 89.5 Å². The lowest BCUT2D eigenvalue weighted by Crippen LogP contribution is -2.21. The van der Waals surface area contributed by atoms with Gasteiger partial charge in [-0.15, -0.1) is 0 Å². The fourth-order valence-electron chi connectivity index (χ4n) is 5.70. The number of pyridine rings is 1. The van der Waals surface area contributed by atoms with Crippen LogP contribution in [-0.4, -0.2) is 31.8 Å². The second-order valence-electron chi connectivity index (χ2n) is 11.2. The van der Waals surface area contributed by atoms with E-state index in [9.17, 15) is 9.59 Å². The van der Waals surface area contributed by atoms with Gasteiger partial charge in [0.05, 0.1) is 30.1 Å². The molecule has 0 aliphatic rings. The van der Waals surface area contributed by atoms with Gasteiger partial charge in [0.15, 0.2) is 0 Å². The minimum absolute atomic E-state index is 0.214. The number of carbonyl (C=O) groups excluding carboxylic acids is 1. The summed E-state index contributed by atoms with van der Waals surface area (Å²) in [5, 5.41) is 0.999. The summed E-state index contributed by atoms with van der Waals surface area (Å²) in [6, 6.07) is 37.1. The van der Waals surface area contributed by atoms with Crippen molar-refractivity contribution in [1.82, 2.24) is 18.7 Å². The normalized spacial score (nSPS) is 11.2. The number of methoxy groups -OCH3 is 1. The van der Waals surface area contributed by atoms with Crippen LogP contribution in [0.1, 0.15) is 16.7 Å². The molecule has 0 fully saturated rings. The van der Waals surface area contributed by atoms with Gasteiger partial charge in [0.2, 0.25) is 11.8 Å². The number of aromatic nitrogens is 4. The molecule has 47 heavy (non-hydrogen) atoms. The molecular formula is C38H32N4O5. The van der Waals surface area contributed by atoms with Gasteiger partial charge in [0.1, 0.15) is 18.9 Å². The standard InChI is InChI=1S/C38H32N4O5/c1-40-34-23-30(41-20-19-29-21-28(13-15-31(29)41)22-36(43)45-2)14-16-32(34)42(38(40)44)33-17-18-35(46-24-26-9-5-3-6-10-26)39-37(33)47-25-27-11-7-4-8-12-27/h3-21,23H,22,24-25H2,1-2H3. The van der Waals surface area contributed by atoms with Gasteiger partial charge in [-0.2, -0.15) is 4.98 Å². The van der Waals surface area contributed by atoms with E-state index < -0.39 is 0 Å². The molecule has 0 atom stereocenters. The molecule has 7 rings (SSSR count). The Kier molecular flexibility index (Phi) is 8.02. The second-order valence-corrected chi connectivity index (χ2v) is 11.2. The molecule has 3 heterocycles. The highest BCUT2D eigenvalue weighted by molar-refractivity contribution is 5.86. The zero-order chi connectivity index (χ0) is 32.3. The third-order valence-electron chi connectivity index (χ3n) is 8.15. The molecule has 7 aromatic rings. The molecule has 0 spiro atoms. The number of aryl methyl sites for hydroxylation is 1. The first kappa shape index (κ1) is 29.6. The van der Waals surface area contributed by atoms with Crippen molar-refractivity contribution < 1.29 is 19.0 Å². The first-order chi connectivity index (χ1) is 23.0. The van der Waals surface area contributed by atoms with Gasteiger partial charge in [-0.05, 0) is 59.2 Å². The predicted molar refractivity (Wildman–Crippen MR) is 180 cm³/mol. The summed E-state index contributed by atoms with van der Waals surface area (Å²) in [6.45, 7) is 0.623. The summed E-state index contributed by atoms with van der Waals surface area (Å²) < 4.78 is 22.4. The number of rotatable bonds is 10. The smallest absolute Gasteiger partial charge is 0.333 e. The Bertz CT molecular complexity index is 2270. The van der Waals surface area contributed by atoms with E-state index in [-0.39, 0.29) is 30.6 Å². The number of hydrogen-bond acceptors (Lipinski definition) is 6. The number of imidazole rings is 1. The number of fused-ring (bicyclic) bond motifs is 2. The van der Waals surface area contributed by atoms with Crippen molar-refractivity contribution in [2.75, 3.05) is 7.11 Å². The van der Waals surface area contributed by atoms with Gasteiger partial charge in [-0.3, -0.25) is 13.9 Å². The van der Waals surface area contributed by atoms with Gasteiger partial charge in [-0.25, -0.2) is 4.79 Å². The predicted octanol–water partition coefficient (Wildman–Crippen LogP) is 6.54. The zero-order valence-electron chi connectivity index (χ0n) is 26.0. The first-order valence-corrected chi connectivity index (χ1v) is 15.2. The molecule has 234 valence electrons. The van der Waals surface area contributed by atoms with Crippen LogP contribution in [0.3, 0.4) is 0 Å². The Hall–Kier alpha value is -6.09. The molecule has 0 saturated carbocycles. The van der Waals surface area contributed by atoms with Gasteiger partial charge < -0.3 is 18.8 Å². The highest BCUT2D eigenvalue weighted by atomic mass is 16.5. The minimum atomic E-state index is -0.280. The lowest BCUT2D eigenvalue weighted by molar-refractivity contribution is -0.139. The molecule has 0 saturated heterocycles. The van der Waals surface area contributed by atoms with E-state index in [1.54, 1.807) is 22.2 Å². The monoisotopic (exact) mass is 624 g/mol. The highest BCUT2D eigenvalue weighted by Gasteiger charge is 2.19. The third kappa shape index (κ3) is 5.98. The van der Waals surface area contributed by atoms with Gasteiger partial charge >= 0.3 is 11.7 Å². The molecule has 0 bridgehead atoms. The minimum Gasteiger partial charge on any atom is -0.473 e. The second kappa shape index (κ2) is 12.7. The molecule has 0 radical (unpaired) electrons. The molecule has 9 heteroatoms. The summed E-state index contributed by atoms with van der Waals surface area (Å²) in [5.41, 5.74) is 6.49. The van der Waals surface area contributed by atoms with Crippen LogP contribution in [0.2, 0.25) is 0 Å². The van der Waals surface area contributed by atoms with E-state index >= 15 is 0 Å². The van der Waals surface area contributed by atoms with E-state index in [1.165, 1.54) is 7.11 Å². The molecule has 9 nitrogen and oxygen atoms in total. The van der Waals surface area contributed by atoms with Crippen molar-refractivity contribution >= 4 is 27.9 Å². The van der Waals surface area contributed by atoms with Crippen molar-refractivity contribution in [2.24, 2.45) is 7.05 Å². The first-order valence-electron chi connectivity index (χ1n) is 15.2. The van der Waals surface area contributed by atoms with Gasteiger partial charge in [-0.1, -0.05) is 66.7 Å². The number of ether oxygens (including phenoxy) is 3. The third-order valence-corrected chi connectivity index (χ3v) is 8.15. The Labute approximate surface area is 270 Å². The Morgan fingerprint density at radius 2 is 1.43 bits per heavy atom. The van der Waals surface area contributed by atoms with Crippen LogP contribution in [0.4, 0.5) is 0 Å². The molecule has 0 unspecified atom stereocenters. The number of hydrogen-bond donors (Lipinski definition) is 0. The van der Waals surface area contributed by atoms with Crippen LogP contribution in [0.25, 0.3) is 33.3 Å². The number of carbonyl (C=O) groups is 1. The maximum absolute atomic E-state index is 13.8. The summed E-state index contributed by atoms with van der Waals surface area (Å²) in [7, 11) is 3.15. The molecule has 0 aliphatic carbocycles.